The summed E-state index contributed by atoms with van der Waals surface area (Å²) in [5, 5.41) is 3.33. The summed E-state index contributed by atoms with van der Waals surface area (Å²) < 4.78 is 6.10. The minimum Gasteiger partial charge on any atom is -0.378 e. The minimum atomic E-state index is 0.460. The monoisotopic (exact) mass is 355 g/mol. The van der Waals surface area contributed by atoms with Crippen molar-refractivity contribution in [3.05, 3.63) is 27.2 Å². The first-order valence-corrected chi connectivity index (χ1v) is 8.12. The lowest BCUT2D eigenvalue weighted by atomic mass is 10.3. The molecule has 2 rings (SSSR count). The molecule has 0 aromatic carbocycles. The van der Waals surface area contributed by atoms with E-state index in [0.717, 1.165) is 39.7 Å². The smallest absolute Gasteiger partial charge is 0.172 e. The molecule has 0 fully saturated rings. The SMILES string of the molecule is CCCNc1nc(-c2ccc(C)s2)nc(COC)c1Br. The van der Waals surface area contributed by atoms with Gasteiger partial charge in [-0.25, -0.2) is 9.97 Å². The maximum absolute atomic E-state index is 5.22. The van der Waals surface area contributed by atoms with E-state index in [2.05, 4.69) is 57.2 Å². The van der Waals surface area contributed by atoms with E-state index < -0.39 is 0 Å². The fraction of sp³-hybridized carbons (Fsp3) is 0.429. The number of rotatable bonds is 6. The number of hydrogen-bond donors (Lipinski definition) is 1. The van der Waals surface area contributed by atoms with Gasteiger partial charge >= 0.3 is 0 Å². The van der Waals surface area contributed by atoms with Gasteiger partial charge in [-0.1, -0.05) is 6.92 Å². The summed E-state index contributed by atoms with van der Waals surface area (Å²) in [4.78, 5) is 11.6. The van der Waals surface area contributed by atoms with Crippen molar-refractivity contribution in [2.24, 2.45) is 0 Å². The summed E-state index contributed by atoms with van der Waals surface area (Å²) >= 11 is 5.26. The normalized spacial score (nSPS) is 10.8. The number of ether oxygens (including phenoxy) is 1. The molecule has 0 radical (unpaired) electrons. The highest BCUT2D eigenvalue weighted by Crippen LogP contribution is 2.30. The number of nitrogens with zero attached hydrogens (tertiary/aromatic N) is 2. The van der Waals surface area contributed by atoms with Crippen LogP contribution in [0, 0.1) is 6.92 Å². The molecule has 0 aliphatic rings. The van der Waals surface area contributed by atoms with Crippen molar-refractivity contribution in [1.82, 2.24) is 9.97 Å². The van der Waals surface area contributed by atoms with E-state index in [1.807, 2.05) is 0 Å². The maximum Gasteiger partial charge on any atom is 0.172 e. The Morgan fingerprint density at radius 3 is 2.75 bits per heavy atom. The van der Waals surface area contributed by atoms with Gasteiger partial charge < -0.3 is 10.1 Å². The first-order chi connectivity index (χ1) is 9.65. The topological polar surface area (TPSA) is 47.0 Å². The third-order valence-electron chi connectivity index (χ3n) is 2.70. The van der Waals surface area contributed by atoms with Crippen molar-refractivity contribution in [2.75, 3.05) is 19.0 Å². The molecule has 2 heterocycles. The molecule has 4 nitrogen and oxygen atoms in total. The number of aromatic nitrogens is 2. The van der Waals surface area contributed by atoms with Gasteiger partial charge in [0.2, 0.25) is 0 Å². The van der Waals surface area contributed by atoms with Crippen LogP contribution in [0.5, 0.6) is 0 Å². The molecule has 0 saturated carbocycles. The Hall–Kier alpha value is -0.980. The zero-order valence-electron chi connectivity index (χ0n) is 11.9. The van der Waals surface area contributed by atoms with Crippen molar-refractivity contribution in [2.45, 2.75) is 26.9 Å². The summed E-state index contributed by atoms with van der Waals surface area (Å²) in [7, 11) is 1.67. The molecular formula is C14H18BrN3OS. The van der Waals surface area contributed by atoms with Gasteiger partial charge in [0, 0.05) is 18.5 Å². The van der Waals surface area contributed by atoms with E-state index in [1.54, 1.807) is 18.4 Å². The molecule has 0 amide bonds. The highest BCUT2D eigenvalue weighted by atomic mass is 79.9. The molecule has 2 aromatic rings. The van der Waals surface area contributed by atoms with Crippen LogP contribution >= 0.6 is 27.3 Å². The van der Waals surface area contributed by atoms with Gasteiger partial charge in [0.15, 0.2) is 5.82 Å². The maximum atomic E-state index is 5.22. The van der Waals surface area contributed by atoms with Gasteiger partial charge in [0.05, 0.1) is 21.7 Å². The van der Waals surface area contributed by atoms with Crippen LogP contribution < -0.4 is 5.32 Å². The number of methoxy groups -OCH3 is 1. The van der Waals surface area contributed by atoms with E-state index in [4.69, 9.17) is 4.74 Å². The largest absolute Gasteiger partial charge is 0.378 e. The van der Waals surface area contributed by atoms with Crippen LogP contribution in [0.3, 0.4) is 0 Å². The Morgan fingerprint density at radius 2 is 2.15 bits per heavy atom. The summed E-state index contributed by atoms with van der Waals surface area (Å²) in [6, 6.07) is 4.14. The lowest BCUT2D eigenvalue weighted by Gasteiger charge is -2.11. The van der Waals surface area contributed by atoms with E-state index in [9.17, 15) is 0 Å². The second-order valence-corrected chi connectivity index (χ2v) is 6.51. The van der Waals surface area contributed by atoms with Crippen LogP contribution in [0.4, 0.5) is 5.82 Å². The van der Waals surface area contributed by atoms with Gasteiger partial charge in [0.1, 0.15) is 5.82 Å². The lowest BCUT2D eigenvalue weighted by Crippen LogP contribution is -2.07. The summed E-state index contributed by atoms with van der Waals surface area (Å²) in [6.07, 6.45) is 1.05. The number of nitrogens with one attached hydrogen (secondary N) is 1. The second-order valence-electron chi connectivity index (χ2n) is 4.43. The summed E-state index contributed by atoms with van der Waals surface area (Å²) in [5.74, 6) is 1.58. The van der Waals surface area contributed by atoms with Crippen molar-refractivity contribution < 1.29 is 4.74 Å². The van der Waals surface area contributed by atoms with Crippen molar-refractivity contribution in [3.63, 3.8) is 0 Å². The van der Waals surface area contributed by atoms with Crippen molar-refractivity contribution in [1.29, 1.82) is 0 Å². The fourth-order valence-electron chi connectivity index (χ4n) is 1.75. The number of anilines is 1. The molecular weight excluding hydrogens is 338 g/mol. The van der Waals surface area contributed by atoms with Gasteiger partial charge in [0.25, 0.3) is 0 Å². The lowest BCUT2D eigenvalue weighted by molar-refractivity contribution is 0.181. The van der Waals surface area contributed by atoms with E-state index >= 15 is 0 Å². The molecule has 0 aliphatic carbocycles. The van der Waals surface area contributed by atoms with Crippen molar-refractivity contribution >= 4 is 33.1 Å². The van der Waals surface area contributed by atoms with Gasteiger partial charge in [-0.3, -0.25) is 0 Å². The molecule has 108 valence electrons. The Bertz CT molecular complexity index is 586. The molecule has 0 aliphatic heterocycles. The van der Waals surface area contributed by atoms with Crippen LogP contribution in [0.2, 0.25) is 0 Å². The predicted molar refractivity (Wildman–Crippen MR) is 87.3 cm³/mol. The van der Waals surface area contributed by atoms with Gasteiger partial charge in [-0.2, -0.15) is 0 Å². The van der Waals surface area contributed by atoms with E-state index in [-0.39, 0.29) is 0 Å². The first kappa shape index (κ1) is 15.4. The Labute approximate surface area is 131 Å². The summed E-state index contributed by atoms with van der Waals surface area (Å²) in [5.41, 5.74) is 0.863. The van der Waals surface area contributed by atoms with Crippen LogP contribution in [-0.2, 0) is 11.3 Å². The van der Waals surface area contributed by atoms with Crippen LogP contribution in [0.1, 0.15) is 23.9 Å². The van der Waals surface area contributed by atoms with E-state index in [0.29, 0.717) is 6.61 Å². The van der Waals surface area contributed by atoms with Crippen molar-refractivity contribution in [3.8, 4) is 10.7 Å². The molecule has 0 unspecified atom stereocenters. The predicted octanol–water partition coefficient (Wildman–Crippen LogP) is 4.24. The third-order valence-corrected chi connectivity index (χ3v) is 4.53. The quantitative estimate of drug-likeness (QED) is 0.841. The van der Waals surface area contributed by atoms with Crippen LogP contribution in [-0.4, -0.2) is 23.6 Å². The fourth-order valence-corrected chi connectivity index (χ4v) is 2.98. The second kappa shape index (κ2) is 7.15. The number of halogens is 1. The standard InChI is InChI=1S/C14H18BrN3OS/c1-4-7-16-14-12(15)10(8-19-3)17-13(18-14)11-6-5-9(2)20-11/h5-6H,4,7-8H2,1-3H3,(H,16,17,18). The Balaban J connectivity index is 2.43. The zero-order valence-corrected chi connectivity index (χ0v) is 14.3. The number of aryl methyl sites for hydroxylation is 1. The molecule has 2 aromatic heterocycles. The average Bonchev–Trinajstić information content (AvgIpc) is 2.86. The van der Waals surface area contributed by atoms with Crippen LogP contribution in [0.25, 0.3) is 10.7 Å². The Kier molecular flexibility index (Phi) is 5.51. The van der Waals surface area contributed by atoms with Gasteiger partial charge in [-0.15, -0.1) is 11.3 Å². The molecule has 0 atom stereocenters. The molecule has 6 heteroatoms. The zero-order chi connectivity index (χ0) is 14.5. The third kappa shape index (κ3) is 3.56. The molecule has 0 bridgehead atoms. The minimum absolute atomic E-state index is 0.460. The van der Waals surface area contributed by atoms with E-state index in [1.165, 1.54) is 4.88 Å². The Morgan fingerprint density at radius 1 is 1.35 bits per heavy atom. The van der Waals surface area contributed by atoms with Gasteiger partial charge in [-0.05, 0) is 41.4 Å². The molecule has 0 spiro atoms. The molecule has 1 N–H and O–H groups in total. The number of thiophene rings is 1. The average molecular weight is 356 g/mol. The summed E-state index contributed by atoms with van der Waals surface area (Å²) in [6.45, 7) is 5.55. The highest BCUT2D eigenvalue weighted by molar-refractivity contribution is 9.10. The molecule has 0 saturated heterocycles. The number of hydrogen-bond acceptors (Lipinski definition) is 5. The van der Waals surface area contributed by atoms with Crippen LogP contribution in [0.15, 0.2) is 16.6 Å². The first-order valence-electron chi connectivity index (χ1n) is 6.51. The molecule has 20 heavy (non-hydrogen) atoms. The highest BCUT2D eigenvalue weighted by Gasteiger charge is 2.14.